The Labute approximate surface area is 117 Å². The van der Waals surface area contributed by atoms with Crippen LogP contribution in [0.15, 0.2) is 18.3 Å². The molecule has 0 radical (unpaired) electrons. The average molecular weight is 275 g/mol. The van der Waals surface area contributed by atoms with Crippen LogP contribution in [-0.4, -0.2) is 27.5 Å². The molecule has 0 aliphatic rings. The average Bonchev–Trinajstić information content (AvgIpc) is 2.37. The molecule has 1 aromatic heterocycles. The van der Waals surface area contributed by atoms with Gasteiger partial charge < -0.3 is 10.4 Å². The first kappa shape index (κ1) is 15.6. The molecule has 20 heavy (non-hydrogen) atoms. The molecule has 1 unspecified atom stereocenters. The van der Waals surface area contributed by atoms with Gasteiger partial charge in [0.2, 0.25) is 0 Å². The van der Waals surface area contributed by atoms with E-state index in [2.05, 4.69) is 16.4 Å². The van der Waals surface area contributed by atoms with E-state index in [1.165, 1.54) is 18.3 Å². The highest BCUT2D eigenvalue weighted by atomic mass is 16.4. The largest absolute Gasteiger partial charge is 0.478 e. The van der Waals surface area contributed by atoms with Gasteiger partial charge in [-0.25, -0.2) is 4.79 Å². The Bertz CT molecular complexity index is 584. The quantitative estimate of drug-likeness (QED) is 0.876. The van der Waals surface area contributed by atoms with Crippen LogP contribution in [0.5, 0.6) is 0 Å². The Kier molecular flexibility index (Phi) is 4.14. The van der Waals surface area contributed by atoms with Crippen LogP contribution in [0.3, 0.4) is 0 Å². The summed E-state index contributed by atoms with van der Waals surface area (Å²) in [5, 5.41) is 20.9. The summed E-state index contributed by atoms with van der Waals surface area (Å²) in [5.41, 5.74) is -2.06. The summed E-state index contributed by atoms with van der Waals surface area (Å²) in [5.74, 6) is -1.92. The molecule has 2 N–H and O–H groups in total. The number of nitrogens with zero attached hydrogens (tertiary/aromatic N) is 2. The number of carboxylic acids is 1. The zero-order chi connectivity index (χ0) is 15.6. The van der Waals surface area contributed by atoms with Crippen molar-refractivity contribution in [1.29, 1.82) is 5.26 Å². The topological polar surface area (TPSA) is 103 Å². The number of pyridine rings is 1. The van der Waals surface area contributed by atoms with Gasteiger partial charge >= 0.3 is 5.97 Å². The maximum atomic E-state index is 12.2. The van der Waals surface area contributed by atoms with E-state index in [-0.39, 0.29) is 11.3 Å². The fourth-order valence-corrected chi connectivity index (χ4v) is 1.43. The Morgan fingerprint density at radius 1 is 1.35 bits per heavy atom. The van der Waals surface area contributed by atoms with Crippen LogP contribution >= 0.6 is 0 Å². The van der Waals surface area contributed by atoms with Crippen molar-refractivity contribution in [3.8, 4) is 6.07 Å². The van der Waals surface area contributed by atoms with Crippen molar-refractivity contribution in [2.75, 3.05) is 0 Å². The molecule has 0 fully saturated rings. The Balaban J connectivity index is 3.16. The molecule has 1 aromatic rings. The lowest BCUT2D eigenvalue weighted by Gasteiger charge is -2.36. The molecule has 0 saturated carbocycles. The van der Waals surface area contributed by atoms with Crippen molar-refractivity contribution in [3.63, 3.8) is 0 Å². The molecule has 1 atom stereocenters. The van der Waals surface area contributed by atoms with Crippen LogP contribution in [0.2, 0.25) is 0 Å². The molecular formula is C14H17N3O3. The number of nitriles is 1. The number of nitrogens with one attached hydrogen (secondary N) is 1. The monoisotopic (exact) mass is 275 g/mol. The Morgan fingerprint density at radius 2 is 1.95 bits per heavy atom. The second kappa shape index (κ2) is 5.29. The van der Waals surface area contributed by atoms with Gasteiger partial charge in [-0.05, 0) is 24.5 Å². The highest BCUT2D eigenvalue weighted by molar-refractivity contribution is 6.03. The second-order valence-electron chi connectivity index (χ2n) is 5.65. The number of hydrogen-bond donors (Lipinski definition) is 2. The van der Waals surface area contributed by atoms with Gasteiger partial charge in [0.05, 0.1) is 11.6 Å². The van der Waals surface area contributed by atoms with Crippen molar-refractivity contribution in [2.45, 2.75) is 33.2 Å². The van der Waals surface area contributed by atoms with E-state index in [0.717, 1.165) is 0 Å². The van der Waals surface area contributed by atoms with Gasteiger partial charge in [-0.3, -0.25) is 9.78 Å². The first-order valence-corrected chi connectivity index (χ1v) is 6.04. The Hall–Kier alpha value is -2.42. The molecule has 0 aliphatic heterocycles. The van der Waals surface area contributed by atoms with Gasteiger partial charge in [-0.1, -0.05) is 20.8 Å². The van der Waals surface area contributed by atoms with Gasteiger partial charge in [-0.2, -0.15) is 5.26 Å². The number of carbonyl (C=O) groups is 2. The zero-order valence-electron chi connectivity index (χ0n) is 11.9. The number of carbonyl (C=O) groups excluding carboxylic acids is 1. The highest BCUT2D eigenvalue weighted by Crippen LogP contribution is 2.29. The fourth-order valence-electron chi connectivity index (χ4n) is 1.43. The maximum absolute atomic E-state index is 12.2. The van der Waals surface area contributed by atoms with Crippen molar-refractivity contribution in [1.82, 2.24) is 10.3 Å². The molecule has 0 bridgehead atoms. The van der Waals surface area contributed by atoms with Crippen molar-refractivity contribution in [3.05, 3.63) is 29.6 Å². The molecule has 1 heterocycles. The first-order valence-electron chi connectivity index (χ1n) is 6.04. The smallest absolute Gasteiger partial charge is 0.338 e. The van der Waals surface area contributed by atoms with Crippen LogP contribution in [0, 0.1) is 16.7 Å². The van der Waals surface area contributed by atoms with Crippen molar-refractivity contribution >= 4 is 11.9 Å². The maximum Gasteiger partial charge on any atom is 0.338 e. The number of amides is 1. The predicted molar refractivity (Wildman–Crippen MR) is 72.1 cm³/mol. The van der Waals surface area contributed by atoms with Gasteiger partial charge in [0.15, 0.2) is 0 Å². The van der Waals surface area contributed by atoms with Crippen molar-refractivity contribution in [2.24, 2.45) is 5.41 Å². The third kappa shape index (κ3) is 2.94. The molecule has 0 spiro atoms. The molecular weight excluding hydrogens is 258 g/mol. The minimum Gasteiger partial charge on any atom is -0.478 e. The highest BCUT2D eigenvalue weighted by Gasteiger charge is 2.40. The molecule has 6 nitrogen and oxygen atoms in total. The summed E-state index contributed by atoms with van der Waals surface area (Å²) in [6.45, 7) is 7.03. The lowest BCUT2D eigenvalue weighted by atomic mass is 9.76. The third-order valence-electron chi connectivity index (χ3n) is 3.34. The minimum absolute atomic E-state index is 0.195. The van der Waals surface area contributed by atoms with Gasteiger partial charge in [0, 0.05) is 6.20 Å². The predicted octanol–water partition coefficient (Wildman–Crippen LogP) is 1.84. The molecule has 106 valence electrons. The zero-order valence-corrected chi connectivity index (χ0v) is 11.9. The molecule has 1 rings (SSSR count). The molecule has 0 aromatic carbocycles. The van der Waals surface area contributed by atoms with Crippen molar-refractivity contribution < 1.29 is 14.7 Å². The van der Waals surface area contributed by atoms with Crippen LogP contribution in [0.4, 0.5) is 0 Å². The Morgan fingerprint density at radius 3 is 2.40 bits per heavy atom. The summed E-state index contributed by atoms with van der Waals surface area (Å²) in [6, 6.07) is 4.80. The van der Waals surface area contributed by atoms with E-state index in [9.17, 15) is 14.9 Å². The van der Waals surface area contributed by atoms with E-state index < -0.39 is 22.8 Å². The summed E-state index contributed by atoms with van der Waals surface area (Å²) < 4.78 is 0. The number of aromatic nitrogens is 1. The number of carboxylic acid groups (broad SMARTS) is 1. The summed E-state index contributed by atoms with van der Waals surface area (Å²) in [4.78, 5) is 27.1. The van der Waals surface area contributed by atoms with Crippen LogP contribution in [0.1, 0.15) is 48.5 Å². The fraction of sp³-hybridized carbons (Fsp3) is 0.429. The van der Waals surface area contributed by atoms with Gasteiger partial charge in [0.25, 0.3) is 5.91 Å². The number of rotatable bonds is 3. The summed E-state index contributed by atoms with van der Waals surface area (Å²) in [6.07, 6.45) is 1.34. The van der Waals surface area contributed by atoms with E-state index in [1.807, 2.05) is 20.8 Å². The number of aromatic carboxylic acids is 1. The lowest BCUT2D eigenvalue weighted by molar-refractivity contribution is 0.0687. The molecule has 0 aliphatic carbocycles. The SMILES string of the molecule is CC(C)(C)C(C)(C#N)NC(=O)c1ncccc1C(=O)O. The van der Waals surface area contributed by atoms with E-state index in [1.54, 1.807) is 6.92 Å². The van der Waals surface area contributed by atoms with Crippen LogP contribution < -0.4 is 5.32 Å². The van der Waals surface area contributed by atoms with E-state index >= 15 is 0 Å². The third-order valence-corrected chi connectivity index (χ3v) is 3.34. The summed E-state index contributed by atoms with van der Waals surface area (Å²) >= 11 is 0. The van der Waals surface area contributed by atoms with E-state index in [0.29, 0.717) is 0 Å². The van der Waals surface area contributed by atoms with Crippen LogP contribution in [-0.2, 0) is 0 Å². The second-order valence-corrected chi connectivity index (χ2v) is 5.65. The molecule has 0 saturated heterocycles. The molecule has 1 amide bonds. The van der Waals surface area contributed by atoms with E-state index in [4.69, 9.17) is 5.11 Å². The minimum atomic E-state index is -1.24. The lowest BCUT2D eigenvalue weighted by Crippen LogP contribution is -2.54. The number of hydrogen-bond acceptors (Lipinski definition) is 4. The molecule has 6 heteroatoms. The standard InChI is InChI=1S/C14H17N3O3/c1-13(2,3)14(4,8-15)17-11(18)10-9(12(19)20)6-5-7-16-10/h5-7H,1-4H3,(H,17,18)(H,19,20). The first-order chi connectivity index (χ1) is 9.12. The normalized spacial score (nSPS) is 13.9. The van der Waals surface area contributed by atoms with Crippen LogP contribution in [0.25, 0.3) is 0 Å². The van der Waals surface area contributed by atoms with Gasteiger partial charge in [0.1, 0.15) is 11.2 Å². The summed E-state index contributed by atoms with van der Waals surface area (Å²) in [7, 11) is 0. The van der Waals surface area contributed by atoms with Gasteiger partial charge in [-0.15, -0.1) is 0 Å².